The first-order valence-electron chi connectivity index (χ1n) is 5.38. The number of para-hydroxylation sites is 1. The third-order valence-corrected chi connectivity index (χ3v) is 2.74. The van der Waals surface area contributed by atoms with Crippen molar-refractivity contribution in [3.63, 3.8) is 0 Å². The predicted octanol–water partition coefficient (Wildman–Crippen LogP) is 3.08. The second kappa shape index (κ2) is 4.30. The predicted molar refractivity (Wildman–Crippen MR) is 61.9 cm³/mol. The van der Waals surface area contributed by atoms with Gasteiger partial charge in [0.05, 0.1) is 0 Å². The zero-order valence-electron chi connectivity index (χ0n) is 8.92. The zero-order valence-corrected chi connectivity index (χ0v) is 8.92. The molecule has 0 fully saturated rings. The van der Waals surface area contributed by atoms with Crippen molar-refractivity contribution in [2.45, 2.75) is 26.2 Å². The van der Waals surface area contributed by atoms with E-state index in [0.717, 1.165) is 11.9 Å². The third kappa shape index (κ3) is 2.09. The van der Waals surface area contributed by atoms with Gasteiger partial charge in [0, 0.05) is 29.9 Å². The van der Waals surface area contributed by atoms with Crippen LogP contribution in [0.5, 0.6) is 0 Å². The van der Waals surface area contributed by atoms with Crippen LogP contribution in [0.3, 0.4) is 0 Å². The highest BCUT2D eigenvalue weighted by molar-refractivity contribution is 5.84. The summed E-state index contributed by atoms with van der Waals surface area (Å²) in [5.74, 6) is 0.334. The van der Waals surface area contributed by atoms with Gasteiger partial charge in [0.2, 0.25) is 0 Å². The van der Waals surface area contributed by atoms with E-state index in [1.807, 2.05) is 25.3 Å². The number of Topliss-reactive ketones (excluding diaryl/α,β-unsaturated/α-hetero) is 1. The second-order valence-corrected chi connectivity index (χ2v) is 3.75. The maximum Gasteiger partial charge on any atom is 0.132 e. The summed E-state index contributed by atoms with van der Waals surface area (Å²) in [7, 11) is 0. The monoisotopic (exact) mass is 201 g/mol. The lowest BCUT2D eigenvalue weighted by atomic mass is 10.1. The molecule has 2 nitrogen and oxygen atoms in total. The minimum absolute atomic E-state index is 0.334. The molecule has 0 spiro atoms. The fraction of sp³-hybridized carbons (Fsp3) is 0.308. The number of hydrogen-bond acceptors (Lipinski definition) is 1. The summed E-state index contributed by atoms with van der Waals surface area (Å²) in [5.41, 5.74) is 2.39. The quantitative estimate of drug-likeness (QED) is 0.810. The van der Waals surface area contributed by atoms with Crippen LogP contribution in [-0.2, 0) is 11.2 Å². The first kappa shape index (κ1) is 9.97. The summed E-state index contributed by atoms with van der Waals surface area (Å²) in [6, 6.07) is 8.19. The number of aromatic amines is 1. The largest absolute Gasteiger partial charge is 0.361 e. The smallest absolute Gasteiger partial charge is 0.132 e. The van der Waals surface area contributed by atoms with Gasteiger partial charge in [-0.3, -0.25) is 4.79 Å². The number of ketones is 1. The van der Waals surface area contributed by atoms with Gasteiger partial charge in [-0.1, -0.05) is 25.1 Å². The fourth-order valence-corrected chi connectivity index (χ4v) is 1.79. The van der Waals surface area contributed by atoms with Gasteiger partial charge < -0.3 is 4.98 Å². The number of hydrogen-bond donors (Lipinski definition) is 1. The Morgan fingerprint density at radius 2 is 2.13 bits per heavy atom. The van der Waals surface area contributed by atoms with E-state index >= 15 is 0 Å². The van der Waals surface area contributed by atoms with E-state index in [1.54, 1.807) is 0 Å². The Balaban J connectivity index is 2.18. The van der Waals surface area contributed by atoms with Gasteiger partial charge in [-0.25, -0.2) is 0 Å². The van der Waals surface area contributed by atoms with E-state index in [0.29, 0.717) is 18.6 Å². The van der Waals surface area contributed by atoms with E-state index in [4.69, 9.17) is 0 Å². The molecule has 0 aliphatic carbocycles. The van der Waals surface area contributed by atoms with Gasteiger partial charge in [0.1, 0.15) is 5.78 Å². The molecule has 78 valence electrons. The van der Waals surface area contributed by atoms with Crippen LogP contribution in [-0.4, -0.2) is 10.8 Å². The number of fused-ring (bicyclic) bond motifs is 1. The van der Waals surface area contributed by atoms with E-state index in [-0.39, 0.29) is 0 Å². The summed E-state index contributed by atoms with van der Waals surface area (Å²) in [5, 5.41) is 1.24. The molecule has 1 aromatic carbocycles. The Kier molecular flexibility index (Phi) is 2.86. The molecule has 1 heterocycles. The van der Waals surface area contributed by atoms with Crippen molar-refractivity contribution in [3.05, 3.63) is 36.0 Å². The molecule has 0 aliphatic heterocycles. The zero-order chi connectivity index (χ0) is 10.7. The number of rotatable bonds is 4. The average molecular weight is 201 g/mol. The molecule has 2 heteroatoms. The van der Waals surface area contributed by atoms with Gasteiger partial charge in [0.25, 0.3) is 0 Å². The van der Waals surface area contributed by atoms with Crippen LogP contribution in [0, 0.1) is 0 Å². The van der Waals surface area contributed by atoms with Crippen LogP contribution in [0.25, 0.3) is 10.9 Å². The van der Waals surface area contributed by atoms with E-state index in [1.165, 1.54) is 10.9 Å². The molecule has 2 rings (SSSR count). The molecule has 2 aromatic rings. The van der Waals surface area contributed by atoms with E-state index < -0.39 is 0 Å². The van der Waals surface area contributed by atoms with Crippen LogP contribution >= 0.6 is 0 Å². The highest BCUT2D eigenvalue weighted by Gasteiger charge is 2.04. The van der Waals surface area contributed by atoms with E-state index in [9.17, 15) is 4.79 Å². The molecule has 0 bridgehead atoms. The van der Waals surface area contributed by atoms with Gasteiger partial charge in [-0.05, 0) is 18.1 Å². The van der Waals surface area contributed by atoms with Crippen molar-refractivity contribution in [3.8, 4) is 0 Å². The topological polar surface area (TPSA) is 32.9 Å². The SMILES string of the molecule is CCC(=O)CCc1c[nH]c2ccccc12. The Morgan fingerprint density at radius 1 is 1.33 bits per heavy atom. The number of aryl methyl sites for hydroxylation is 1. The number of benzene rings is 1. The standard InChI is InChI=1S/C13H15NO/c1-2-11(15)8-7-10-9-14-13-6-4-3-5-12(10)13/h3-6,9,14H,2,7-8H2,1H3. The molecule has 0 amide bonds. The summed E-state index contributed by atoms with van der Waals surface area (Å²) in [6.07, 6.45) is 4.14. The molecule has 0 saturated heterocycles. The molecule has 0 atom stereocenters. The minimum atomic E-state index is 0.334. The van der Waals surface area contributed by atoms with Crippen LogP contribution < -0.4 is 0 Å². The molecule has 1 N–H and O–H groups in total. The first-order chi connectivity index (χ1) is 7.31. The fourth-order valence-electron chi connectivity index (χ4n) is 1.79. The van der Waals surface area contributed by atoms with Crippen LogP contribution in [0.15, 0.2) is 30.5 Å². The highest BCUT2D eigenvalue weighted by Crippen LogP contribution is 2.19. The molecule has 0 aliphatic rings. The lowest BCUT2D eigenvalue weighted by Gasteiger charge is -1.97. The number of carbonyl (C=O) groups excluding carboxylic acids is 1. The lowest BCUT2D eigenvalue weighted by molar-refractivity contribution is -0.118. The van der Waals surface area contributed by atoms with Crippen LogP contribution in [0.4, 0.5) is 0 Å². The van der Waals surface area contributed by atoms with E-state index in [2.05, 4.69) is 17.1 Å². The van der Waals surface area contributed by atoms with Gasteiger partial charge in [-0.15, -0.1) is 0 Å². The second-order valence-electron chi connectivity index (χ2n) is 3.75. The van der Waals surface area contributed by atoms with Crippen molar-refractivity contribution in [2.24, 2.45) is 0 Å². The maximum atomic E-state index is 11.2. The van der Waals surface area contributed by atoms with Gasteiger partial charge in [0.15, 0.2) is 0 Å². The summed E-state index contributed by atoms with van der Waals surface area (Å²) >= 11 is 0. The molecular formula is C13H15NO. The summed E-state index contributed by atoms with van der Waals surface area (Å²) < 4.78 is 0. The number of aromatic nitrogens is 1. The maximum absolute atomic E-state index is 11.2. The summed E-state index contributed by atoms with van der Waals surface area (Å²) in [6.45, 7) is 1.91. The molecule has 0 radical (unpaired) electrons. The molecule has 1 aromatic heterocycles. The Hall–Kier alpha value is -1.57. The highest BCUT2D eigenvalue weighted by atomic mass is 16.1. The van der Waals surface area contributed by atoms with Crippen molar-refractivity contribution in [1.82, 2.24) is 4.98 Å². The van der Waals surface area contributed by atoms with Crippen molar-refractivity contribution < 1.29 is 4.79 Å². The van der Waals surface area contributed by atoms with Crippen molar-refractivity contribution >= 4 is 16.7 Å². The van der Waals surface area contributed by atoms with Crippen LogP contribution in [0.2, 0.25) is 0 Å². The minimum Gasteiger partial charge on any atom is -0.361 e. The number of H-pyrrole nitrogens is 1. The average Bonchev–Trinajstić information content (AvgIpc) is 2.69. The Labute approximate surface area is 89.3 Å². The van der Waals surface area contributed by atoms with Gasteiger partial charge >= 0.3 is 0 Å². The number of carbonyl (C=O) groups is 1. The lowest BCUT2D eigenvalue weighted by Crippen LogP contribution is -1.96. The molecule has 15 heavy (non-hydrogen) atoms. The van der Waals surface area contributed by atoms with Gasteiger partial charge in [-0.2, -0.15) is 0 Å². The Bertz CT molecular complexity index is 470. The first-order valence-corrected chi connectivity index (χ1v) is 5.38. The normalized spacial score (nSPS) is 10.7. The molecule has 0 saturated carbocycles. The molecular weight excluding hydrogens is 186 g/mol. The third-order valence-electron chi connectivity index (χ3n) is 2.74. The van der Waals surface area contributed by atoms with Crippen molar-refractivity contribution in [2.75, 3.05) is 0 Å². The van der Waals surface area contributed by atoms with Crippen LogP contribution in [0.1, 0.15) is 25.3 Å². The summed E-state index contributed by atoms with van der Waals surface area (Å²) in [4.78, 5) is 14.5. The van der Waals surface area contributed by atoms with Crippen molar-refractivity contribution in [1.29, 1.82) is 0 Å². The molecule has 0 unspecified atom stereocenters. The number of nitrogens with one attached hydrogen (secondary N) is 1. The Morgan fingerprint density at radius 3 is 2.93 bits per heavy atom.